The zero-order valence-corrected chi connectivity index (χ0v) is 8.13. The molecule has 0 saturated heterocycles. The van der Waals surface area contributed by atoms with E-state index in [9.17, 15) is 9.90 Å². The van der Waals surface area contributed by atoms with Gasteiger partial charge < -0.3 is 0 Å². The summed E-state index contributed by atoms with van der Waals surface area (Å²) in [5.41, 5.74) is -0.196. The van der Waals surface area contributed by atoms with Crippen molar-refractivity contribution in [1.29, 1.82) is 0 Å². The molecule has 0 radical (unpaired) electrons. The van der Waals surface area contributed by atoms with Gasteiger partial charge in [0.05, 0.1) is 0 Å². The Bertz CT molecular complexity index is 217. The standard InChI is InChI=1S/C5H5O2Si.Sb/c1-2-3-4-8-5(6)7;/h1-4H,(H,6,7);/p-1. The first-order chi connectivity index (χ1) is 4.30. The monoisotopic (exact) mass is 245 g/mol. The third-order valence-electron chi connectivity index (χ3n) is 0.874. The van der Waals surface area contributed by atoms with E-state index in [2.05, 4.69) is 0 Å². The maximum absolute atomic E-state index is 10.2. The number of carboxylic acid groups (broad SMARTS) is 1. The molecule has 1 heterocycles. The molecular formula is C5H4O2SbSi-. The first-order valence-corrected chi connectivity index (χ1v) is 9.26. The summed E-state index contributed by atoms with van der Waals surface area (Å²) in [7, 11) is 0. The van der Waals surface area contributed by atoms with Gasteiger partial charge in [0.25, 0.3) is 0 Å². The molecule has 1 aliphatic rings. The second kappa shape index (κ2) is 3.23. The van der Waals surface area contributed by atoms with E-state index in [4.69, 9.17) is 0 Å². The quantitative estimate of drug-likeness (QED) is 0.570. The van der Waals surface area contributed by atoms with Crippen molar-refractivity contribution >= 4 is 31.6 Å². The number of hydrogen-bond donors (Lipinski definition) is 0. The summed E-state index contributed by atoms with van der Waals surface area (Å²) in [5.74, 6) is 0. The number of rotatable bonds is 1. The Morgan fingerprint density at radius 2 is 2.33 bits per heavy atom. The molecule has 2 nitrogen and oxygen atoms in total. The first-order valence-electron chi connectivity index (χ1n) is 2.43. The summed E-state index contributed by atoms with van der Waals surface area (Å²) < 4.78 is 2.02. The van der Waals surface area contributed by atoms with Crippen LogP contribution in [0.4, 0.5) is 4.79 Å². The zero-order chi connectivity index (χ0) is 6.69. The predicted octanol–water partition coefficient (Wildman–Crippen LogP) is -0.770. The Kier molecular flexibility index (Phi) is 2.55. The van der Waals surface area contributed by atoms with Crippen LogP contribution in [0.15, 0.2) is 21.9 Å². The van der Waals surface area contributed by atoms with Gasteiger partial charge in [0.2, 0.25) is 0 Å². The van der Waals surface area contributed by atoms with Crippen LogP contribution < -0.4 is 5.11 Å². The summed E-state index contributed by atoms with van der Waals surface area (Å²) in [6.45, 7) is 0. The molecule has 0 spiro atoms. The van der Waals surface area contributed by atoms with E-state index < -0.39 is 31.6 Å². The number of hydrogen-bond acceptors (Lipinski definition) is 2. The van der Waals surface area contributed by atoms with Crippen LogP contribution in [0.5, 0.6) is 0 Å². The molecule has 0 aliphatic carbocycles. The van der Waals surface area contributed by atoms with Crippen molar-refractivity contribution in [2.75, 3.05) is 0 Å². The molecular weight excluding hydrogens is 242 g/mol. The summed E-state index contributed by atoms with van der Waals surface area (Å²) in [4.78, 5) is 10.2. The van der Waals surface area contributed by atoms with E-state index in [1.807, 2.05) is 16.2 Å². The van der Waals surface area contributed by atoms with Crippen LogP contribution >= 0.6 is 0 Å². The molecule has 4 heteroatoms. The molecule has 46 valence electrons. The van der Waals surface area contributed by atoms with E-state index in [1.54, 1.807) is 5.70 Å². The summed E-state index contributed by atoms with van der Waals surface area (Å²) >= 11 is -0.542. The van der Waals surface area contributed by atoms with Crippen molar-refractivity contribution in [2.24, 2.45) is 0 Å². The second-order valence-electron chi connectivity index (χ2n) is 1.50. The van der Waals surface area contributed by atoms with E-state index in [0.717, 1.165) is 0 Å². The average molecular weight is 246 g/mol. The normalized spacial score (nSPS) is 15.3. The number of allylic oxidation sites excluding steroid dienone is 2. The Labute approximate surface area is 63.4 Å². The van der Waals surface area contributed by atoms with Crippen LogP contribution in [-0.2, 0) is 0 Å². The fourth-order valence-electron chi connectivity index (χ4n) is 0.484. The Morgan fingerprint density at radius 3 is 2.67 bits per heavy atom. The minimum absolute atomic E-state index is 0.542. The fourth-order valence-corrected chi connectivity index (χ4v) is 6.12. The third kappa shape index (κ3) is 1.99. The topological polar surface area (TPSA) is 40.1 Å². The van der Waals surface area contributed by atoms with Crippen molar-refractivity contribution in [3.05, 3.63) is 21.9 Å². The van der Waals surface area contributed by atoms with Gasteiger partial charge in [0.15, 0.2) is 0 Å². The molecule has 0 N–H and O–H groups in total. The van der Waals surface area contributed by atoms with Crippen LogP contribution in [0, 0.1) is 0 Å². The van der Waals surface area contributed by atoms with Crippen molar-refractivity contribution in [3.8, 4) is 0 Å². The molecule has 0 unspecified atom stereocenters. The van der Waals surface area contributed by atoms with Crippen molar-refractivity contribution < 1.29 is 9.90 Å². The summed E-state index contributed by atoms with van der Waals surface area (Å²) in [6, 6.07) is 0. The van der Waals surface area contributed by atoms with Crippen molar-refractivity contribution in [2.45, 2.75) is 0 Å². The Hall–Kier alpha value is -0.0149. The van der Waals surface area contributed by atoms with Crippen LogP contribution in [0.25, 0.3) is 0 Å². The SMILES string of the molecule is O=C([O-])[Si]1=[Sb][CH]=CC=C1. The van der Waals surface area contributed by atoms with Gasteiger partial charge in [-0.25, -0.2) is 0 Å². The number of carbonyl (C=O) groups is 1. The Balaban J connectivity index is 2.84. The molecule has 0 aromatic rings. The van der Waals surface area contributed by atoms with Crippen LogP contribution in [0.2, 0.25) is 0 Å². The van der Waals surface area contributed by atoms with Gasteiger partial charge in [-0.15, -0.1) is 0 Å². The van der Waals surface area contributed by atoms with Gasteiger partial charge in [0, 0.05) is 0 Å². The maximum atomic E-state index is 10.2. The molecule has 1 aliphatic heterocycles. The zero-order valence-electron chi connectivity index (χ0n) is 4.57. The van der Waals surface area contributed by atoms with E-state index in [-0.39, 0.29) is 0 Å². The van der Waals surface area contributed by atoms with E-state index in [1.165, 1.54) is 0 Å². The predicted molar refractivity (Wildman–Crippen MR) is 35.2 cm³/mol. The van der Waals surface area contributed by atoms with E-state index >= 15 is 0 Å². The molecule has 0 amide bonds. The van der Waals surface area contributed by atoms with Crippen molar-refractivity contribution in [3.63, 3.8) is 0 Å². The van der Waals surface area contributed by atoms with E-state index in [0.29, 0.717) is 0 Å². The summed E-state index contributed by atoms with van der Waals surface area (Å²) in [5, 5.41) is 10.2. The van der Waals surface area contributed by atoms with Crippen molar-refractivity contribution in [1.82, 2.24) is 0 Å². The molecule has 9 heavy (non-hydrogen) atoms. The second-order valence-corrected chi connectivity index (χ2v) is 10.5. The number of carbonyl (C=O) groups excluding carboxylic acids is 1. The van der Waals surface area contributed by atoms with Gasteiger partial charge in [-0.2, -0.15) is 0 Å². The summed E-state index contributed by atoms with van der Waals surface area (Å²) in [6.07, 6.45) is 3.73. The molecule has 0 atom stereocenters. The molecule has 0 aromatic carbocycles. The molecule has 0 aromatic heterocycles. The van der Waals surface area contributed by atoms with Gasteiger partial charge >= 0.3 is 63.4 Å². The Morgan fingerprint density at radius 1 is 1.56 bits per heavy atom. The molecule has 0 bridgehead atoms. The van der Waals surface area contributed by atoms with Gasteiger partial charge in [0.1, 0.15) is 0 Å². The first kappa shape index (κ1) is 7.10. The van der Waals surface area contributed by atoms with Crippen LogP contribution in [-0.4, -0.2) is 31.6 Å². The molecule has 1 rings (SSSR count). The van der Waals surface area contributed by atoms with Gasteiger partial charge in [-0.05, 0) is 0 Å². The van der Waals surface area contributed by atoms with Gasteiger partial charge in [-0.1, -0.05) is 0 Å². The van der Waals surface area contributed by atoms with Gasteiger partial charge in [-0.3, -0.25) is 0 Å². The minimum atomic E-state index is -1.18. The fraction of sp³-hybridized carbons (Fsp3) is 0. The average Bonchev–Trinajstić information content (AvgIpc) is 1.90. The van der Waals surface area contributed by atoms with Crippen LogP contribution in [0.1, 0.15) is 0 Å². The molecule has 0 fully saturated rings. The van der Waals surface area contributed by atoms with Crippen LogP contribution in [0.3, 0.4) is 0 Å². The third-order valence-corrected chi connectivity index (χ3v) is 9.22. The molecule has 0 saturated carbocycles.